The molecule has 72 valence electrons. The molecule has 13 heavy (non-hydrogen) atoms. The van der Waals surface area contributed by atoms with Gasteiger partial charge in [-0.15, -0.1) is 0 Å². The van der Waals surface area contributed by atoms with Crippen LogP contribution in [0.4, 0.5) is 0 Å². The van der Waals surface area contributed by atoms with Gasteiger partial charge in [-0.2, -0.15) is 0 Å². The minimum Gasteiger partial charge on any atom is -0.493 e. The highest BCUT2D eigenvalue weighted by Crippen LogP contribution is 2.16. The molecule has 0 aromatic carbocycles. The fourth-order valence-electron chi connectivity index (χ4n) is 1.11. The Kier molecular flexibility index (Phi) is 3.58. The number of rotatable bonds is 3. The van der Waals surface area contributed by atoms with Gasteiger partial charge < -0.3 is 14.6 Å². The molecule has 0 fully saturated rings. The minimum atomic E-state index is 0.0396. The molecule has 0 saturated carbocycles. The monoisotopic (exact) mass is 182 g/mol. The van der Waals surface area contributed by atoms with Crippen LogP contribution in [0, 0.1) is 5.92 Å². The van der Waals surface area contributed by atoms with Crippen LogP contribution in [0.25, 0.3) is 0 Å². The molecule has 1 rings (SSSR count). The van der Waals surface area contributed by atoms with E-state index in [-0.39, 0.29) is 12.5 Å². The predicted molar refractivity (Wildman–Crippen MR) is 49.9 cm³/mol. The first kappa shape index (κ1) is 9.86. The summed E-state index contributed by atoms with van der Waals surface area (Å²) in [7, 11) is 3.18. The van der Waals surface area contributed by atoms with Crippen LogP contribution in [0.1, 0.15) is 0 Å². The van der Waals surface area contributed by atoms with Crippen molar-refractivity contribution in [3.63, 3.8) is 0 Å². The Morgan fingerprint density at radius 1 is 1.15 bits per heavy atom. The lowest BCUT2D eigenvalue weighted by atomic mass is 10.1. The van der Waals surface area contributed by atoms with Crippen molar-refractivity contribution in [2.24, 2.45) is 5.92 Å². The van der Waals surface area contributed by atoms with Gasteiger partial charge in [-0.3, -0.25) is 0 Å². The fourth-order valence-corrected chi connectivity index (χ4v) is 1.11. The number of aliphatic hydroxyl groups excluding tert-OH is 1. The standard InChI is InChI=1S/C10H14O3/c1-12-9-5-3-8(7-11)4-6-10(9)13-2/h3-6,8,11H,7H2,1-2H3. The van der Waals surface area contributed by atoms with Gasteiger partial charge in [0.05, 0.1) is 20.8 Å². The van der Waals surface area contributed by atoms with Crippen LogP contribution in [0.3, 0.4) is 0 Å². The molecule has 0 aliphatic heterocycles. The predicted octanol–water partition coefficient (Wildman–Crippen LogP) is 1.23. The van der Waals surface area contributed by atoms with E-state index in [4.69, 9.17) is 14.6 Å². The topological polar surface area (TPSA) is 38.7 Å². The van der Waals surface area contributed by atoms with Gasteiger partial charge in [0.2, 0.25) is 0 Å². The Morgan fingerprint density at radius 3 is 1.92 bits per heavy atom. The average Bonchev–Trinajstić information content (AvgIpc) is 2.38. The first-order valence-corrected chi connectivity index (χ1v) is 4.11. The summed E-state index contributed by atoms with van der Waals surface area (Å²) in [6.07, 6.45) is 7.36. The summed E-state index contributed by atoms with van der Waals surface area (Å²) in [6.45, 7) is 0.0982. The summed E-state index contributed by atoms with van der Waals surface area (Å²) in [5, 5.41) is 8.93. The highest BCUT2D eigenvalue weighted by Gasteiger charge is 2.07. The van der Waals surface area contributed by atoms with E-state index in [9.17, 15) is 0 Å². The van der Waals surface area contributed by atoms with Gasteiger partial charge in [-0.05, 0) is 12.2 Å². The highest BCUT2D eigenvalue weighted by molar-refractivity contribution is 5.29. The van der Waals surface area contributed by atoms with Crippen molar-refractivity contribution in [3.05, 3.63) is 35.8 Å². The van der Waals surface area contributed by atoms with Crippen LogP contribution in [-0.2, 0) is 9.47 Å². The van der Waals surface area contributed by atoms with Gasteiger partial charge >= 0.3 is 0 Å². The van der Waals surface area contributed by atoms with Gasteiger partial charge in [0.1, 0.15) is 0 Å². The van der Waals surface area contributed by atoms with Gasteiger partial charge in [0.15, 0.2) is 11.5 Å². The molecule has 0 spiro atoms. The lowest BCUT2D eigenvalue weighted by Gasteiger charge is -2.04. The molecule has 3 nitrogen and oxygen atoms in total. The second kappa shape index (κ2) is 4.72. The van der Waals surface area contributed by atoms with Gasteiger partial charge in [-0.1, -0.05) is 12.2 Å². The molecule has 0 saturated heterocycles. The molecule has 0 aromatic heterocycles. The lowest BCUT2D eigenvalue weighted by Crippen LogP contribution is -1.96. The minimum absolute atomic E-state index is 0.0396. The summed E-state index contributed by atoms with van der Waals surface area (Å²) in [6, 6.07) is 0. The van der Waals surface area contributed by atoms with Crippen molar-refractivity contribution in [3.8, 4) is 0 Å². The number of aliphatic hydroxyl groups is 1. The Balaban J connectivity index is 2.88. The van der Waals surface area contributed by atoms with Crippen LogP contribution in [0.2, 0.25) is 0 Å². The number of allylic oxidation sites excluding steroid dienone is 2. The molecule has 0 heterocycles. The van der Waals surface area contributed by atoms with Crippen molar-refractivity contribution in [1.29, 1.82) is 0 Å². The van der Waals surface area contributed by atoms with Crippen molar-refractivity contribution >= 4 is 0 Å². The van der Waals surface area contributed by atoms with Gasteiger partial charge in [0.25, 0.3) is 0 Å². The number of hydrogen-bond donors (Lipinski definition) is 1. The number of ether oxygens (including phenoxy) is 2. The molecule has 0 aromatic rings. The molecule has 0 bridgehead atoms. The van der Waals surface area contributed by atoms with Gasteiger partial charge in [0, 0.05) is 5.92 Å². The van der Waals surface area contributed by atoms with E-state index >= 15 is 0 Å². The third-order valence-electron chi connectivity index (χ3n) is 1.88. The Bertz CT molecular complexity index is 227. The fraction of sp³-hybridized carbons (Fsp3) is 0.400. The van der Waals surface area contributed by atoms with Crippen molar-refractivity contribution in [1.82, 2.24) is 0 Å². The normalized spacial score (nSPS) is 17.5. The Hall–Kier alpha value is -1.22. The van der Waals surface area contributed by atoms with Crippen LogP contribution >= 0.6 is 0 Å². The van der Waals surface area contributed by atoms with E-state index in [0.717, 1.165) is 0 Å². The zero-order valence-corrected chi connectivity index (χ0v) is 7.86. The molecule has 1 N–H and O–H groups in total. The van der Waals surface area contributed by atoms with E-state index in [1.54, 1.807) is 26.4 Å². The summed E-state index contributed by atoms with van der Waals surface area (Å²) in [4.78, 5) is 0. The molecular weight excluding hydrogens is 168 g/mol. The van der Waals surface area contributed by atoms with E-state index in [0.29, 0.717) is 11.5 Å². The summed E-state index contributed by atoms with van der Waals surface area (Å²) in [5.41, 5.74) is 0. The Labute approximate surface area is 78.0 Å². The van der Waals surface area contributed by atoms with Crippen molar-refractivity contribution in [2.75, 3.05) is 20.8 Å². The quantitative estimate of drug-likeness (QED) is 0.713. The zero-order chi connectivity index (χ0) is 9.68. The first-order chi connectivity index (χ1) is 6.31. The van der Waals surface area contributed by atoms with Crippen LogP contribution in [0.15, 0.2) is 35.8 Å². The summed E-state index contributed by atoms with van der Waals surface area (Å²) >= 11 is 0. The molecule has 0 radical (unpaired) electrons. The molecule has 0 unspecified atom stereocenters. The molecular formula is C10H14O3. The van der Waals surface area contributed by atoms with E-state index in [1.165, 1.54) is 0 Å². The van der Waals surface area contributed by atoms with E-state index in [2.05, 4.69) is 0 Å². The zero-order valence-electron chi connectivity index (χ0n) is 7.86. The highest BCUT2D eigenvalue weighted by atomic mass is 16.5. The number of hydrogen-bond acceptors (Lipinski definition) is 3. The van der Waals surface area contributed by atoms with Crippen LogP contribution < -0.4 is 0 Å². The van der Waals surface area contributed by atoms with E-state index < -0.39 is 0 Å². The molecule has 3 heteroatoms. The molecule has 1 aliphatic carbocycles. The summed E-state index contributed by atoms with van der Waals surface area (Å²) < 4.78 is 10.2. The summed E-state index contributed by atoms with van der Waals surface area (Å²) in [5.74, 6) is 1.39. The maximum absolute atomic E-state index is 8.93. The first-order valence-electron chi connectivity index (χ1n) is 4.11. The second-order valence-electron chi connectivity index (χ2n) is 2.70. The van der Waals surface area contributed by atoms with Crippen molar-refractivity contribution < 1.29 is 14.6 Å². The van der Waals surface area contributed by atoms with Gasteiger partial charge in [-0.25, -0.2) is 0 Å². The largest absolute Gasteiger partial charge is 0.493 e. The van der Waals surface area contributed by atoms with Crippen LogP contribution in [0.5, 0.6) is 0 Å². The van der Waals surface area contributed by atoms with Crippen LogP contribution in [-0.4, -0.2) is 25.9 Å². The lowest BCUT2D eigenvalue weighted by molar-refractivity contribution is 0.242. The second-order valence-corrected chi connectivity index (χ2v) is 2.70. The smallest absolute Gasteiger partial charge is 0.160 e. The SMILES string of the molecule is COC1=C(OC)C=CC(CO)C=C1. The molecule has 1 aliphatic rings. The average molecular weight is 182 g/mol. The Morgan fingerprint density at radius 2 is 1.62 bits per heavy atom. The molecule has 0 amide bonds. The maximum Gasteiger partial charge on any atom is 0.160 e. The number of methoxy groups -OCH3 is 2. The van der Waals surface area contributed by atoms with Crippen molar-refractivity contribution in [2.45, 2.75) is 0 Å². The third kappa shape index (κ3) is 2.36. The molecule has 0 atom stereocenters. The third-order valence-corrected chi connectivity index (χ3v) is 1.88. The van der Waals surface area contributed by atoms with E-state index in [1.807, 2.05) is 12.2 Å². The maximum atomic E-state index is 8.93.